The normalized spacial score (nSPS) is 16.9. The van der Waals surface area contributed by atoms with E-state index in [1.807, 2.05) is 0 Å². The highest BCUT2D eigenvalue weighted by molar-refractivity contribution is 6.02. The molecule has 318 valence electrons. The Labute approximate surface area is 393 Å². The number of allylic oxidation sites excluding steroid dienone is 4. The third-order valence-electron chi connectivity index (χ3n) is 15.4. The second-order valence-electron chi connectivity index (χ2n) is 19.2. The zero-order valence-corrected chi connectivity index (χ0v) is 37.8. The van der Waals surface area contributed by atoms with Gasteiger partial charge in [-0.05, 0) is 125 Å². The van der Waals surface area contributed by atoms with Gasteiger partial charge in [-0.15, -0.1) is 0 Å². The van der Waals surface area contributed by atoms with Gasteiger partial charge in [0.1, 0.15) is 0 Å². The smallest absolute Gasteiger partial charge is 0.0714 e. The highest BCUT2D eigenvalue weighted by Gasteiger charge is 2.48. The number of hydrogen-bond acceptors (Lipinski definition) is 1. The van der Waals surface area contributed by atoms with E-state index in [1.54, 1.807) is 0 Å². The summed E-state index contributed by atoms with van der Waals surface area (Å²) in [4.78, 5) is 2.53. The lowest BCUT2D eigenvalue weighted by Crippen LogP contribution is -2.28. The molecule has 3 aliphatic carbocycles. The summed E-state index contributed by atoms with van der Waals surface area (Å²) in [5, 5.41) is 4.97. The van der Waals surface area contributed by atoms with Crippen LogP contribution < -0.4 is 4.90 Å². The van der Waals surface area contributed by atoms with Crippen LogP contribution in [-0.2, 0) is 10.8 Å². The minimum absolute atomic E-state index is 0.0272. The van der Waals surface area contributed by atoms with Crippen molar-refractivity contribution in [2.24, 2.45) is 5.92 Å². The summed E-state index contributed by atoms with van der Waals surface area (Å²) in [6.07, 6.45) is 9.29. The summed E-state index contributed by atoms with van der Waals surface area (Å²) < 4.78 is 0. The van der Waals surface area contributed by atoms with E-state index < -0.39 is 5.41 Å². The van der Waals surface area contributed by atoms with Crippen molar-refractivity contribution in [3.8, 4) is 33.4 Å². The van der Waals surface area contributed by atoms with Crippen molar-refractivity contribution in [3.05, 3.63) is 282 Å². The van der Waals surface area contributed by atoms with Crippen molar-refractivity contribution >= 4 is 38.6 Å². The van der Waals surface area contributed by atoms with E-state index in [9.17, 15) is 0 Å². The third-order valence-corrected chi connectivity index (χ3v) is 15.4. The average molecular weight is 856 g/mol. The van der Waals surface area contributed by atoms with Crippen LogP contribution in [0.25, 0.3) is 54.9 Å². The fraction of sp³-hybridized carbons (Fsp3) is 0.0909. The standard InChI is InChI=1S/C66H49N/c1-65(2)59-31-14-13-28-56(59)57-40-38-50(42-61(57)65)67(63-33-16-21-45-19-10-12-27-54(45)63)51-39-41-58-62(43-51)66(48-22-5-3-6-23-48,49-24-7-4-8-25-49)60-32-17-30-55(64(58)60)47-36-34-46(35-37-47)53-29-15-20-44-18-9-11-26-52(44)53/h3-43,56,59H,1-2H3. The average Bonchev–Trinajstić information content (AvgIpc) is 3.82. The van der Waals surface area contributed by atoms with Crippen molar-refractivity contribution in [2.45, 2.75) is 30.6 Å². The Balaban J connectivity index is 1.05. The number of benzene rings is 10. The quantitative estimate of drug-likeness (QED) is 0.154. The lowest BCUT2D eigenvalue weighted by atomic mass is 9.67. The first-order valence-corrected chi connectivity index (χ1v) is 23.8. The summed E-state index contributed by atoms with van der Waals surface area (Å²) in [5.74, 6) is 0.808. The van der Waals surface area contributed by atoms with Gasteiger partial charge in [0.2, 0.25) is 0 Å². The molecule has 67 heavy (non-hydrogen) atoms. The Morgan fingerprint density at radius 2 is 0.955 bits per heavy atom. The molecule has 1 heteroatoms. The maximum atomic E-state index is 2.53. The van der Waals surface area contributed by atoms with Gasteiger partial charge in [0.15, 0.2) is 0 Å². The predicted molar refractivity (Wildman–Crippen MR) is 282 cm³/mol. The third kappa shape index (κ3) is 5.94. The number of anilines is 3. The van der Waals surface area contributed by atoms with Crippen molar-refractivity contribution in [1.82, 2.24) is 0 Å². The zero-order valence-electron chi connectivity index (χ0n) is 37.8. The lowest BCUT2D eigenvalue weighted by Gasteiger charge is -2.35. The molecular formula is C66H49N. The second kappa shape index (κ2) is 15.3. The number of nitrogens with zero attached hydrogens (tertiary/aromatic N) is 1. The van der Waals surface area contributed by atoms with Crippen molar-refractivity contribution in [1.29, 1.82) is 0 Å². The zero-order chi connectivity index (χ0) is 44.7. The molecule has 13 rings (SSSR count). The van der Waals surface area contributed by atoms with Crippen LogP contribution in [0, 0.1) is 5.92 Å². The number of fused-ring (bicyclic) bond motifs is 8. The van der Waals surface area contributed by atoms with Crippen LogP contribution >= 0.6 is 0 Å². The fourth-order valence-corrected chi connectivity index (χ4v) is 12.3. The molecule has 2 unspecified atom stereocenters. The monoisotopic (exact) mass is 855 g/mol. The first kappa shape index (κ1) is 39.4. The molecule has 0 amide bonds. The van der Waals surface area contributed by atoms with Crippen molar-refractivity contribution in [2.75, 3.05) is 4.90 Å². The largest absolute Gasteiger partial charge is 0.310 e. The molecule has 3 aliphatic rings. The first-order valence-electron chi connectivity index (χ1n) is 23.8. The SMILES string of the molecule is CC1(C)c2cc(N(c3ccc4c(c3)C(c3ccccc3)(c3ccccc3)c3cccc(-c5ccc(-c6cccc7ccccc67)cc5)c3-4)c3cccc4ccccc34)ccc2C2C=CC=CC21. The Morgan fingerprint density at radius 3 is 1.69 bits per heavy atom. The lowest BCUT2D eigenvalue weighted by molar-refractivity contribution is 0.394. The van der Waals surface area contributed by atoms with E-state index in [2.05, 4.69) is 268 Å². The van der Waals surface area contributed by atoms with E-state index >= 15 is 0 Å². The van der Waals surface area contributed by atoms with E-state index in [-0.39, 0.29) is 5.41 Å². The van der Waals surface area contributed by atoms with Gasteiger partial charge in [-0.2, -0.15) is 0 Å². The summed E-state index contributed by atoms with van der Waals surface area (Å²) in [6, 6.07) is 84.1. The minimum Gasteiger partial charge on any atom is -0.310 e. The van der Waals surface area contributed by atoms with Gasteiger partial charge in [-0.1, -0.05) is 232 Å². The maximum absolute atomic E-state index is 2.53. The van der Waals surface area contributed by atoms with Crippen LogP contribution in [0.1, 0.15) is 53.1 Å². The van der Waals surface area contributed by atoms with Crippen molar-refractivity contribution < 1.29 is 0 Å². The Morgan fingerprint density at radius 1 is 0.403 bits per heavy atom. The maximum Gasteiger partial charge on any atom is 0.0714 e. The van der Waals surface area contributed by atoms with E-state index in [1.165, 1.54) is 99.7 Å². The highest BCUT2D eigenvalue weighted by atomic mass is 15.1. The molecule has 0 bridgehead atoms. The molecule has 0 fully saturated rings. The van der Waals surface area contributed by atoms with Gasteiger partial charge < -0.3 is 4.90 Å². The van der Waals surface area contributed by atoms with Crippen molar-refractivity contribution in [3.63, 3.8) is 0 Å². The molecule has 10 aromatic carbocycles. The van der Waals surface area contributed by atoms with Crippen LogP contribution in [0.15, 0.2) is 249 Å². The highest BCUT2D eigenvalue weighted by Crippen LogP contribution is 2.60. The minimum atomic E-state index is -0.596. The van der Waals surface area contributed by atoms with Gasteiger partial charge in [0, 0.05) is 22.7 Å². The van der Waals surface area contributed by atoms with Gasteiger partial charge >= 0.3 is 0 Å². The van der Waals surface area contributed by atoms with Gasteiger partial charge in [-0.3, -0.25) is 0 Å². The van der Waals surface area contributed by atoms with Gasteiger partial charge in [0.05, 0.1) is 11.1 Å². The fourth-order valence-electron chi connectivity index (χ4n) is 12.3. The molecule has 0 radical (unpaired) electrons. The molecule has 0 spiro atoms. The molecule has 0 saturated heterocycles. The number of rotatable bonds is 7. The summed E-state index contributed by atoms with van der Waals surface area (Å²) in [7, 11) is 0. The molecule has 0 aromatic heterocycles. The summed E-state index contributed by atoms with van der Waals surface area (Å²) in [6.45, 7) is 4.86. The molecule has 0 N–H and O–H groups in total. The van der Waals surface area contributed by atoms with E-state index in [4.69, 9.17) is 0 Å². The topological polar surface area (TPSA) is 3.24 Å². The second-order valence-corrected chi connectivity index (χ2v) is 19.2. The first-order chi connectivity index (χ1) is 33.0. The Kier molecular flexibility index (Phi) is 8.99. The molecule has 0 heterocycles. The Bertz CT molecular complexity index is 3560. The molecule has 1 nitrogen and oxygen atoms in total. The summed E-state index contributed by atoms with van der Waals surface area (Å²) in [5.41, 5.74) is 18.2. The predicted octanol–water partition coefficient (Wildman–Crippen LogP) is 17.3. The van der Waals surface area contributed by atoms with Gasteiger partial charge in [-0.25, -0.2) is 0 Å². The molecule has 0 aliphatic heterocycles. The van der Waals surface area contributed by atoms with Crippen LogP contribution in [0.5, 0.6) is 0 Å². The van der Waals surface area contributed by atoms with Gasteiger partial charge in [0.25, 0.3) is 0 Å². The molecule has 0 saturated carbocycles. The molecule has 2 atom stereocenters. The molecule has 10 aromatic rings. The van der Waals surface area contributed by atoms with Crippen LogP contribution in [0.4, 0.5) is 17.1 Å². The summed E-state index contributed by atoms with van der Waals surface area (Å²) >= 11 is 0. The molecular weight excluding hydrogens is 807 g/mol. The van der Waals surface area contributed by atoms with Crippen LogP contribution in [-0.4, -0.2) is 0 Å². The Hall–Kier alpha value is -8.00. The van der Waals surface area contributed by atoms with E-state index in [0.29, 0.717) is 11.8 Å². The van der Waals surface area contributed by atoms with Crippen LogP contribution in [0.2, 0.25) is 0 Å². The van der Waals surface area contributed by atoms with E-state index in [0.717, 1.165) is 5.69 Å². The number of hydrogen-bond donors (Lipinski definition) is 0. The van der Waals surface area contributed by atoms with Crippen LogP contribution in [0.3, 0.4) is 0 Å².